The molecule has 108 valence electrons. The fourth-order valence-corrected chi connectivity index (χ4v) is 3.20. The summed E-state index contributed by atoms with van der Waals surface area (Å²) in [4.78, 5) is 7.15. The van der Waals surface area contributed by atoms with E-state index in [9.17, 15) is 0 Å². The molecule has 1 saturated heterocycles. The van der Waals surface area contributed by atoms with E-state index in [0.717, 1.165) is 36.5 Å². The smallest absolute Gasteiger partial charge is 0.152 e. The zero-order chi connectivity index (χ0) is 13.9. The molecule has 0 bridgehead atoms. The van der Waals surface area contributed by atoms with Gasteiger partial charge in [0.1, 0.15) is 5.65 Å². The number of pyridine rings is 1. The van der Waals surface area contributed by atoms with Crippen molar-refractivity contribution in [2.45, 2.75) is 38.3 Å². The molecular weight excluding hydrogens is 252 g/mol. The third-order valence-corrected chi connectivity index (χ3v) is 4.15. The van der Waals surface area contributed by atoms with E-state index in [-0.39, 0.29) is 6.61 Å². The molecule has 2 aromatic heterocycles. The topological polar surface area (TPSA) is 66.8 Å². The van der Waals surface area contributed by atoms with E-state index in [1.165, 1.54) is 12.8 Å². The predicted molar refractivity (Wildman–Crippen MR) is 79.8 cm³/mol. The zero-order valence-electron chi connectivity index (χ0n) is 11.7. The first-order valence-corrected chi connectivity index (χ1v) is 7.38. The Morgan fingerprint density at radius 3 is 3.10 bits per heavy atom. The summed E-state index contributed by atoms with van der Waals surface area (Å²) >= 11 is 0. The van der Waals surface area contributed by atoms with E-state index in [0.29, 0.717) is 12.6 Å². The molecule has 1 atom stereocenters. The number of aliphatic hydroxyl groups is 1. The van der Waals surface area contributed by atoms with E-state index >= 15 is 0 Å². The van der Waals surface area contributed by atoms with Crippen LogP contribution in [0.2, 0.25) is 0 Å². The summed E-state index contributed by atoms with van der Waals surface area (Å²) in [6.45, 7) is 1.79. The van der Waals surface area contributed by atoms with Crippen LogP contribution in [0, 0.1) is 0 Å². The average Bonchev–Trinajstić information content (AvgIpc) is 3.08. The molecule has 1 aliphatic rings. The Labute approximate surface area is 119 Å². The average molecular weight is 274 g/mol. The van der Waals surface area contributed by atoms with Gasteiger partial charge in [-0.1, -0.05) is 6.07 Å². The molecule has 0 spiro atoms. The molecule has 5 nitrogen and oxygen atoms in total. The first kappa shape index (κ1) is 13.4. The highest BCUT2D eigenvalue weighted by Crippen LogP contribution is 2.30. The molecule has 3 N–H and O–H groups in total. The lowest BCUT2D eigenvalue weighted by atomic mass is 10.1. The number of rotatable bonds is 5. The van der Waals surface area contributed by atoms with Crippen molar-refractivity contribution in [3.8, 4) is 0 Å². The van der Waals surface area contributed by atoms with Gasteiger partial charge in [-0.25, -0.2) is 4.98 Å². The maximum atomic E-state index is 9.04. The minimum Gasteiger partial charge on any atom is -0.396 e. The molecular formula is C15H22N4O. The van der Waals surface area contributed by atoms with Gasteiger partial charge in [0.05, 0.1) is 5.69 Å². The molecule has 20 heavy (non-hydrogen) atoms. The van der Waals surface area contributed by atoms with E-state index < -0.39 is 0 Å². The van der Waals surface area contributed by atoms with Crippen LogP contribution < -0.4 is 10.6 Å². The SMILES string of the molecule is NCc1c(N2CCCC2CCCO)nc2ccccn12. The van der Waals surface area contributed by atoms with Gasteiger partial charge in [-0.2, -0.15) is 0 Å². The summed E-state index contributed by atoms with van der Waals surface area (Å²) in [5.41, 5.74) is 7.98. The van der Waals surface area contributed by atoms with Crippen LogP contribution in [-0.2, 0) is 6.54 Å². The molecule has 5 heteroatoms. The van der Waals surface area contributed by atoms with Crippen molar-refractivity contribution >= 4 is 11.5 Å². The van der Waals surface area contributed by atoms with Crippen molar-refractivity contribution in [2.24, 2.45) is 5.73 Å². The number of aliphatic hydroxyl groups excluding tert-OH is 1. The van der Waals surface area contributed by atoms with Gasteiger partial charge >= 0.3 is 0 Å². The van der Waals surface area contributed by atoms with Crippen LogP contribution in [0.25, 0.3) is 5.65 Å². The van der Waals surface area contributed by atoms with Crippen molar-refractivity contribution in [3.63, 3.8) is 0 Å². The van der Waals surface area contributed by atoms with Crippen LogP contribution in [0.4, 0.5) is 5.82 Å². The van der Waals surface area contributed by atoms with Gasteiger partial charge in [-0.15, -0.1) is 0 Å². The number of anilines is 1. The summed E-state index contributed by atoms with van der Waals surface area (Å²) in [5.74, 6) is 1.03. The minimum atomic E-state index is 0.263. The first-order chi connectivity index (χ1) is 9.85. The maximum absolute atomic E-state index is 9.04. The predicted octanol–water partition coefficient (Wildman–Crippen LogP) is 1.53. The second-order valence-corrected chi connectivity index (χ2v) is 5.37. The highest BCUT2D eigenvalue weighted by Gasteiger charge is 2.28. The van der Waals surface area contributed by atoms with Crippen molar-refractivity contribution in [3.05, 3.63) is 30.1 Å². The summed E-state index contributed by atoms with van der Waals surface area (Å²) in [5, 5.41) is 9.04. The molecule has 1 fully saturated rings. The van der Waals surface area contributed by atoms with Gasteiger partial charge in [0, 0.05) is 31.9 Å². The molecule has 3 rings (SSSR count). The van der Waals surface area contributed by atoms with Gasteiger partial charge in [-0.3, -0.25) is 0 Å². The number of hydrogen-bond acceptors (Lipinski definition) is 4. The first-order valence-electron chi connectivity index (χ1n) is 7.38. The number of hydrogen-bond donors (Lipinski definition) is 2. The number of imidazole rings is 1. The molecule has 0 saturated carbocycles. The van der Waals surface area contributed by atoms with Crippen LogP contribution in [-0.4, -0.2) is 33.7 Å². The second-order valence-electron chi connectivity index (χ2n) is 5.37. The van der Waals surface area contributed by atoms with Crippen molar-refractivity contribution in [1.82, 2.24) is 9.38 Å². The van der Waals surface area contributed by atoms with Crippen molar-refractivity contribution in [2.75, 3.05) is 18.1 Å². The number of aromatic nitrogens is 2. The number of nitrogens with zero attached hydrogens (tertiary/aromatic N) is 3. The Morgan fingerprint density at radius 2 is 2.30 bits per heavy atom. The second kappa shape index (κ2) is 5.81. The minimum absolute atomic E-state index is 0.263. The molecule has 0 aromatic carbocycles. The largest absolute Gasteiger partial charge is 0.396 e. The number of fused-ring (bicyclic) bond motifs is 1. The highest BCUT2D eigenvalue weighted by molar-refractivity contribution is 5.57. The van der Waals surface area contributed by atoms with E-state index in [1.807, 2.05) is 24.4 Å². The summed E-state index contributed by atoms with van der Waals surface area (Å²) < 4.78 is 2.08. The highest BCUT2D eigenvalue weighted by atomic mass is 16.2. The standard InChI is InChI=1S/C15H22N4O/c16-11-13-15(17-14-7-1-2-8-19(13)14)18-9-3-5-12(18)6-4-10-20/h1-2,7-8,12,20H,3-6,9-11,16H2. The van der Waals surface area contributed by atoms with Gasteiger partial charge in [0.25, 0.3) is 0 Å². The molecule has 0 radical (unpaired) electrons. The normalized spacial score (nSPS) is 19.1. The number of nitrogens with two attached hydrogens (primary N) is 1. The van der Waals surface area contributed by atoms with Gasteiger partial charge in [-0.05, 0) is 37.8 Å². The molecule has 3 heterocycles. The third-order valence-electron chi connectivity index (χ3n) is 4.15. The van der Waals surface area contributed by atoms with Crippen molar-refractivity contribution in [1.29, 1.82) is 0 Å². The monoisotopic (exact) mass is 274 g/mol. The fourth-order valence-electron chi connectivity index (χ4n) is 3.20. The molecule has 2 aromatic rings. The Hall–Kier alpha value is -1.59. The van der Waals surface area contributed by atoms with Crippen LogP contribution in [0.3, 0.4) is 0 Å². The lowest BCUT2D eigenvalue weighted by Crippen LogP contribution is -2.30. The molecule has 1 unspecified atom stereocenters. The summed E-state index contributed by atoms with van der Waals surface area (Å²) in [6, 6.07) is 6.50. The van der Waals surface area contributed by atoms with Crippen LogP contribution in [0.15, 0.2) is 24.4 Å². The van der Waals surface area contributed by atoms with Crippen LogP contribution in [0.1, 0.15) is 31.4 Å². The van der Waals surface area contributed by atoms with Crippen LogP contribution >= 0.6 is 0 Å². The Kier molecular flexibility index (Phi) is 3.89. The van der Waals surface area contributed by atoms with Gasteiger partial charge in [0.15, 0.2) is 5.82 Å². The molecule has 1 aliphatic heterocycles. The Bertz CT molecular complexity index is 580. The molecule has 0 amide bonds. The van der Waals surface area contributed by atoms with Crippen LogP contribution in [0.5, 0.6) is 0 Å². The van der Waals surface area contributed by atoms with E-state index in [2.05, 4.69) is 9.30 Å². The maximum Gasteiger partial charge on any atom is 0.152 e. The van der Waals surface area contributed by atoms with E-state index in [4.69, 9.17) is 15.8 Å². The lowest BCUT2D eigenvalue weighted by molar-refractivity contribution is 0.279. The Balaban J connectivity index is 1.96. The lowest BCUT2D eigenvalue weighted by Gasteiger charge is -2.25. The van der Waals surface area contributed by atoms with Gasteiger partial charge in [0.2, 0.25) is 0 Å². The summed E-state index contributed by atoms with van der Waals surface area (Å²) in [7, 11) is 0. The van der Waals surface area contributed by atoms with E-state index in [1.54, 1.807) is 0 Å². The quantitative estimate of drug-likeness (QED) is 0.868. The fraction of sp³-hybridized carbons (Fsp3) is 0.533. The Morgan fingerprint density at radius 1 is 1.40 bits per heavy atom. The zero-order valence-corrected chi connectivity index (χ0v) is 11.7. The van der Waals surface area contributed by atoms with Crippen molar-refractivity contribution < 1.29 is 5.11 Å². The summed E-state index contributed by atoms with van der Waals surface area (Å²) in [6.07, 6.45) is 6.26. The third kappa shape index (κ3) is 2.27. The van der Waals surface area contributed by atoms with Gasteiger partial charge < -0.3 is 20.1 Å². The molecule has 0 aliphatic carbocycles.